The summed E-state index contributed by atoms with van der Waals surface area (Å²) in [6.07, 6.45) is 10.3. The molecule has 0 heterocycles. The van der Waals surface area contributed by atoms with Gasteiger partial charge in [-0.25, -0.2) is 4.79 Å². The summed E-state index contributed by atoms with van der Waals surface area (Å²) in [5, 5.41) is 5.60. The van der Waals surface area contributed by atoms with E-state index in [-0.39, 0.29) is 6.03 Å². The highest BCUT2D eigenvalue weighted by Crippen LogP contribution is 2.23. The molecule has 0 aliphatic carbocycles. The number of rotatable bonds is 13. The lowest BCUT2D eigenvalue weighted by molar-refractivity contribution is 0.262. The van der Waals surface area contributed by atoms with Crippen LogP contribution in [-0.2, 0) is 0 Å². The molecule has 0 bridgehead atoms. The standard InChI is InChI=1S/C24H34N2O3/c1-3-4-5-6-7-8-9-12-19-29-21-17-15-20(16-18-21)25-24(27)26-22-13-10-11-14-23(22)28-2/h10-11,13-18H,3-9,12,19H2,1-2H3,(H2,25,26,27). The summed E-state index contributed by atoms with van der Waals surface area (Å²) in [6, 6.07) is 14.4. The molecule has 0 aromatic heterocycles. The van der Waals surface area contributed by atoms with Gasteiger partial charge >= 0.3 is 6.03 Å². The van der Waals surface area contributed by atoms with Gasteiger partial charge in [0.05, 0.1) is 19.4 Å². The van der Waals surface area contributed by atoms with Gasteiger partial charge in [0.1, 0.15) is 11.5 Å². The van der Waals surface area contributed by atoms with Crippen molar-refractivity contribution in [1.29, 1.82) is 0 Å². The van der Waals surface area contributed by atoms with Crippen molar-refractivity contribution in [2.75, 3.05) is 24.4 Å². The van der Waals surface area contributed by atoms with Gasteiger partial charge in [0.2, 0.25) is 0 Å². The van der Waals surface area contributed by atoms with Gasteiger partial charge in [0.15, 0.2) is 0 Å². The summed E-state index contributed by atoms with van der Waals surface area (Å²) >= 11 is 0. The molecule has 0 unspecified atom stereocenters. The Morgan fingerprint density at radius 3 is 2.17 bits per heavy atom. The summed E-state index contributed by atoms with van der Waals surface area (Å²) < 4.78 is 11.0. The van der Waals surface area contributed by atoms with Gasteiger partial charge < -0.3 is 20.1 Å². The number of carbonyl (C=O) groups excluding carboxylic acids is 1. The third kappa shape index (κ3) is 8.90. The Hall–Kier alpha value is -2.69. The van der Waals surface area contributed by atoms with Gasteiger partial charge in [-0.1, -0.05) is 64.0 Å². The zero-order valence-electron chi connectivity index (χ0n) is 17.7. The van der Waals surface area contributed by atoms with Crippen LogP contribution in [-0.4, -0.2) is 19.7 Å². The number of anilines is 2. The predicted octanol–water partition coefficient (Wildman–Crippen LogP) is 6.86. The Bertz CT molecular complexity index is 716. The summed E-state index contributed by atoms with van der Waals surface area (Å²) in [6.45, 7) is 2.98. The third-order valence-corrected chi connectivity index (χ3v) is 4.73. The van der Waals surface area contributed by atoms with Crippen molar-refractivity contribution in [3.63, 3.8) is 0 Å². The first-order valence-corrected chi connectivity index (χ1v) is 10.7. The number of methoxy groups -OCH3 is 1. The molecule has 0 spiro atoms. The fraction of sp³-hybridized carbons (Fsp3) is 0.458. The molecule has 2 rings (SSSR count). The topological polar surface area (TPSA) is 59.6 Å². The van der Waals surface area contributed by atoms with E-state index in [1.54, 1.807) is 19.2 Å². The maximum Gasteiger partial charge on any atom is 0.323 e. The van der Waals surface area contributed by atoms with Crippen LogP contribution < -0.4 is 20.1 Å². The fourth-order valence-electron chi connectivity index (χ4n) is 3.09. The van der Waals surface area contributed by atoms with Crippen molar-refractivity contribution in [3.05, 3.63) is 48.5 Å². The van der Waals surface area contributed by atoms with E-state index in [1.807, 2.05) is 36.4 Å². The minimum absolute atomic E-state index is 0.317. The van der Waals surface area contributed by atoms with Crippen LogP contribution in [0.3, 0.4) is 0 Å². The average Bonchev–Trinajstić information content (AvgIpc) is 2.74. The molecule has 158 valence electrons. The minimum atomic E-state index is -0.317. The van der Waals surface area contributed by atoms with E-state index < -0.39 is 0 Å². The van der Waals surface area contributed by atoms with E-state index in [2.05, 4.69) is 17.6 Å². The van der Waals surface area contributed by atoms with Crippen LogP contribution in [0.4, 0.5) is 16.2 Å². The lowest BCUT2D eigenvalue weighted by Gasteiger charge is -2.11. The molecule has 5 heteroatoms. The Kier molecular flexibility index (Phi) is 10.5. The monoisotopic (exact) mass is 398 g/mol. The number of para-hydroxylation sites is 2. The number of hydrogen-bond donors (Lipinski definition) is 2. The number of amides is 2. The predicted molar refractivity (Wildman–Crippen MR) is 120 cm³/mol. The maximum absolute atomic E-state index is 12.2. The Labute approximate surface area is 174 Å². The van der Waals surface area contributed by atoms with Crippen LogP contribution in [0, 0.1) is 0 Å². The Morgan fingerprint density at radius 2 is 1.48 bits per heavy atom. The van der Waals surface area contributed by atoms with E-state index in [0.717, 1.165) is 18.8 Å². The molecule has 0 radical (unpaired) electrons. The molecule has 29 heavy (non-hydrogen) atoms. The quantitative estimate of drug-likeness (QED) is 0.362. The lowest BCUT2D eigenvalue weighted by Crippen LogP contribution is -2.19. The van der Waals surface area contributed by atoms with E-state index in [4.69, 9.17) is 9.47 Å². The second kappa shape index (κ2) is 13.5. The van der Waals surface area contributed by atoms with Gasteiger partial charge in [-0.3, -0.25) is 0 Å². The van der Waals surface area contributed by atoms with E-state index >= 15 is 0 Å². The first kappa shape index (κ1) is 22.6. The van der Waals surface area contributed by atoms with Crippen molar-refractivity contribution in [1.82, 2.24) is 0 Å². The average molecular weight is 399 g/mol. The smallest absolute Gasteiger partial charge is 0.323 e. The number of nitrogens with one attached hydrogen (secondary N) is 2. The number of urea groups is 1. The molecule has 0 atom stereocenters. The molecule has 0 saturated heterocycles. The zero-order chi connectivity index (χ0) is 20.7. The highest BCUT2D eigenvalue weighted by molar-refractivity contribution is 6.00. The second-order valence-electron chi connectivity index (χ2n) is 7.13. The molecule has 2 amide bonds. The van der Waals surface area contributed by atoms with Gasteiger partial charge in [0, 0.05) is 5.69 Å². The van der Waals surface area contributed by atoms with Crippen molar-refractivity contribution >= 4 is 17.4 Å². The number of unbranched alkanes of at least 4 members (excludes halogenated alkanes) is 7. The SMILES string of the molecule is CCCCCCCCCCOc1ccc(NC(=O)Nc2ccccc2OC)cc1. The van der Waals surface area contributed by atoms with Crippen LogP contribution in [0.5, 0.6) is 11.5 Å². The number of benzene rings is 2. The molecule has 0 saturated carbocycles. The molecular weight excluding hydrogens is 364 g/mol. The summed E-state index contributed by atoms with van der Waals surface area (Å²) in [5.41, 5.74) is 1.33. The minimum Gasteiger partial charge on any atom is -0.495 e. The van der Waals surface area contributed by atoms with Gasteiger partial charge in [-0.05, 0) is 42.8 Å². The first-order chi connectivity index (χ1) is 14.2. The van der Waals surface area contributed by atoms with Crippen LogP contribution in [0.15, 0.2) is 48.5 Å². The highest BCUT2D eigenvalue weighted by Gasteiger charge is 2.07. The van der Waals surface area contributed by atoms with Gasteiger partial charge in [-0.15, -0.1) is 0 Å². The normalized spacial score (nSPS) is 10.4. The molecule has 5 nitrogen and oxygen atoms in total. The Balaban J connectivity index is 1.64. The van der Waals surface area contributed by atoms with Crippen LogP contribution in [0.2, 0.25) is 0 Å². The summed E-state index contributed by atoms with van der Waals surface area (Å²) in [7, 11) is 1.57. The van der Waals surface area contributed by atoms with E-state index in [0.29, 0.717) is 17.1 Å². The molecule has 2 aromatic carbocycles. The molecular formula is C24H34N2O3. The van der Waals surface area contributed by atoms with Crippen molar-refractivity contribution in [3.8, 4) is 11.5 Å². The van der Waals surface area contributed by atoms with E-state index in [1.165, 1.54) is 44.9 Å². The summed E-state index contributed by atoms with van der Waals surface area (Å²) in [4.78, 5) is 12.2. The zero-order valence-corrected chi connectivity index (χ0v) is 17.7. The number of hydrogen-bond acceptors (Lipinski definition) is 3. The number of ether oxygens (including phenoxy) is 2. The lowest BCUT2D eigenvalue weighted by atomic mass is 10.1. The van der Waals surface area contributed by atoms with Crippen LogP contribution in [0.25, 0.3) is 0 Å². The number of carbonyl (C=O) groups is 1. The third-order valence-electron chi connectivity index (χ3n) is 4.73. The largest absolute Gasteiger partial charge is 0.495 e. The van der Waals surface area contributed by atoms with Crippen LogP contribution >= 0.6 is 0 Å². The van der Waals surface area contributed by atoms with Crippen molar-refractivity contribution in [2.45, 2.75) is 58.3 Å². The van der Waals surface area contributed by atoms with Gasteiger partial charge in [0.25, 0.3) is 0 Å². The van der Waals surface area contributed by atoms with Crippen molar-refractivity contribution in [2.24, 2.45) is 0 Å². The van der Waals surface area contributed by atoms with Gasteiger partial charge in [-0.2, -0.15) is 0 Å². The highest BCUT2D eigenvalue weighted by atomic mass is 16.5. The fourth-order valence-corrected chi connectivity index (χ4v) is 3.09. The molecule has 0 aliphatic heterocycles. The van der Waals surface area contributed by atoms with E-state index in [9.17, 15) is 4.79 Å². The molecule has 2 aromatic rings. The molecule has 2 N–H and O–H groups in total. The molecule has 0 fully saturated rings. The maximum atomic E-state index is 12.2. The van der Waals surface area contributed by atoms with Crippen LogP contribution in [0.1, 0.15) is 58.3 Å². The first-order valence-electron chi connectivity index (χ1n) is 10.7. The molecule has 0 aliphatic rings. The second-order valence-corrected chi connectivity index (χ2v) is 7.13. The van der Waals surface area contributed by atoms with Crippen molar-refractivity contribution < 1.29 is 14.3 Å². The summed E-state index contributed by atoms with van der Waals surface area (Å²) in [5.74, 6) is 1.44. The Morgan fingerprint density at radius 1 is 0.828 bits per heavy atom.